The molecule has 0 fully saturated rings. The summed E-state index contributed by atoms with van der Waals surface area (Å²) in [6.45, 7) is 0. The fourth-order valence-corrected chi connectivity index (χ4v) is 2.62. The first-order valence-corrected chi connectivity index (χ1v) is 6.51. The minimum absolute atomic E-state index is 0.230. The van der Waals surface area contributed by atoms with Gasteiger partial charge in [0.25, 0.3) is 0 Å². The Balaban J connectivity index is 3.10. The lowest BCUT2D eigenvalue weighted by atomic mass is 10.1. The Hall–Kier alpha value is -0.550. The van der Waals surface area contributed by atoms with Crippen LogP contribution in [0.25, 0.3) is 0 Å². The van der Waals surface area contributed by atoms with Gasteiger partial charge in [0.2, 0.25) is 0 Å². The van der Waals surface area contributed by atoms with Crippen molar-refractivity contribution in [3.05, 3.63) is 27.7 Å². The third kappa shape index (κ3) is 3.22. The maximum atomic E-state index is 11.2. The first-order valence-electron chi connectivity index (χ1n) is 4.60. The van der Waals surface area contributed by atoms with Gasteiger partial charge in [0, 0.05) is 9.80 Å². The summed E-state index contributed by atoms with van der Waals surface area (Å²) in [5.74, 6) is 0.464. The van der Waals surface area contributed by atoms with E-state index in [2.05, 4.69) is 36.6 Å². The topological polar surface area (TPSA) is 35.5 Å². The molecular formula is C11H12Br2O3. The van der Waals surface area contributed by atoms with Gasteiger partial charge in [-0.2, -0.15) is 0 Å². The second-order valence-corrected chi connectivity index (χ2v) is 4.50. The molecule has 0 amide bonds. The van der Waals surface area contributed by atoms with Crippen LogP contribution in [-0.2, 0) is 21.3 Å². The van der Waals surface area contributed by atoms with Crippen molar-refractivity contribution in [2.24, 2.45) is 0 Å². The monoisotopic (exact) mass is 350 g/mol. The maximum Gasteiger partial charge on any atom is 0.310 e. The van der Waals surface area contributed by atoms with Crippen LogP contribution < -0.4 is 4.74 Å². The summed E-state index contributed by atoms with van der Waals surface area (Å²) in [7, 11) is 2.98. The first-order chi connectivity index (χ1) is 7.62. The van der Waals surface area contributed by atoms with Crippen molar-refractivity contribution in [2.45, 2.75) is 11.8 Å². The van der Waals surface area contributed by atoms with Crippen molar-refractivity contribution in [3.63, 3.8) is 0 Å². The second-order valence-electron chi connectivity index (χ2n) is 3.15. The molecule has 0 saturated carbocycles. The van der Waals surface area contributed by atoms with Gasteiger partial charge in [0.1, 0.15) is 5.75 Å². The van der Waals surface area contributed by atoms with Crippen LogP contribution in [0, 0.1) is 0 Å². The van der Waals surface area contributed by atoms with Crippen LogP contribution in [0.5, 0.6) is 5.75 Å². The Kier molecular flexibility index (Phi) is 5.28. The molecule has 0 unspecified atom stereocenters. The van der Waals surface area contributed by atoms with Gasteiger partial charge in [-0.1, -0.05) is 31.9 Å². The molecular weight excluding hydrogens is 340 g/mol. The van der Waals surface area contributed by atoms with Crippen LogP contribution in [0.15, 0.2) is 16.6 Å². The number of methoxy groups -OCH3 is 2. The molecule has 0 aromatic heterocycles. The Morgan fingerprint density at radius 1 is 1.31 bits per heavy atom. The van der Waals surface area contributed by atoms with Crippen LogP contribution in [0.1, 0.15) is 11.1 Å². The van der Waals surface area contributed by atoms with Gasteiger partial charge >= 0.3 is 5.97 Å². The van der Waals surface area contributed by atoms with Crippen molar-refractivity contribution in [3.8, 4) is 5.75 Å². The number of carbonyl (C=O) groups excluding carboxylic acids is 1. The molecule has 0 spiro atoms. The summed E-state index contributed by atoms with van der Waals surface area (Å²) in [6, 6.07) is 3.74. The van der Waals surface area contributed by atoms with Crippen molar-refractivity contribution in [1.82, 2.24) is 0 Å². The van der Waals surface area contributed by atoms with Gasteiger partial charge in [0.15, 0.2) is 0 Å². The Bertz CT molecular complexity index is 391. The summed E-state index contributed by atoms with van der Waals surface area (Å²) < 4.78 is 10.7. The number of benzene rings is 1. The van der Waals surface area contributed by atoms with Crippen molar-refractivity contribution in [2.75, 3.05) is 14.2 Å². The molecule has 3 nitrogen and oxygen atoms in total. The lowest BCUT2D eigenvalue weighted by molar-refractivity contribution is -0.139. The molecule has 0 saturated heterocycles. The summed E-state index contributed by atoms with van der Waals surface area (Å²) in [5.41, 5.74) is 1.90. The number of hydrogen-bond acceptors (Lipinski definition) is 3. The van der Waals surface area contributed by atoms with Gasteiger partial charge in [-0.15, -0.1) is 0 Å². The Labute approximate surface area is 111 Å². The van der Waals surface area contributed by atoms with Crippen molar-refractivity contribution >= 4 is 37.8 Å². The minimum Gasteiger partial charge on any atom is -0.497 e. The second kappa shape index (κ2) is 6.25. The molecule has 0 N–H and O–H groups in total. The normalized spacial score (nSPS) is 10.0. The number of hydrogen-bond donors (Lipinski definition) is 0. The van der Waals surface area contributed by atoms with Crippen LogP contribution in [0.4, 0.5) is 0 Å². The summed E-state index contributed by atoms with van der Waals surface area (Å²) >= 11 is 6.86. The van der Waals surface area contributed by atoms with Crippen LogP contribution >= 0.6 is 31.9 Å². The van der Waals surface area contributed by atoms with E-state index < -0.39 is 0 Å². The van der Waals surface area contributed by atoms with E-state index in [1.54, 1.807) is 7.11 Å². The lowest BCUT2D eigenvalue weighted by Crippen LogP contribution is -2.06. The zero-order valence-electron chi connectivity index (χ0n) is 9.05. The number of ether oxygens (including phenoxy) is 2. The highest BCUT2D eigenvalue weighted by Crippen LogP contribution is 2.29. The lowest BCUT2D eigenvalue weighted by Gasteiger charge is -2.10. The van der Waals surface area contributed by atoms with E-state index in [9.17, 15) is 4.79 Å². The molecule has 1 aromatic carbocycles. The molecule has 0 aliphatic heterocycles. The standard InChI is InChI=1S/C11H12Br2O3/c1-15-9-3-7(5-10(14)16-2)11(13)8(4-9)6-12/h3-4H,5-6H2,1-2H3. The largest absolute Gasteiger partial charge is 0.497 e. The zero-order valence-corrected chi connectivity index (χ0v) is 12.2. The van der Waals surface area contributed by atoms with Crippen LogP contribution in [-0.4, -0.2) is 20.2 Å². The molecule has 0 aliphatic carbocycles. The van der Waals surface area contributed by atoms with E-state index in [-0.39, 0.29) is 12.4 Å². The molecule has 0 aliphatic rings. The van der Waals surface area contributed by atoms with Gasteiger partial charge in [-0.05, 0) is 23.3 Å². The third-order valence-corrected chi connectivity index (χ3v) is 3.76. The van der Waals surface area contributed by atoms with Gasteiger partial charge in [-0.3, -0.25) is 4.79 Å². The minimum atomic E-state index is -0.269. The van der Waals surface area contributed by atoms with Crippen LogP contribution in [0.3, 0.4) is 0 Å². The summed E-state index contributed by atoms with van der Waals surface area (Å²) in [6.07, 6.45) is 0.230. The molecule has 1 aromatic rings. The fourth-order valence-electron chi connectivity index (χ4n) is 1.29. The maximum absolute atomic E-state index is 11.2. The first kappa shape index (κ1) is 13.5. The summed E-state index contributed by atoms with van der Waals surface area (Å²) in [5, 5.41) is 0.693. The number of rotatable bonds is 4. The molecule has 0 heterocycles. The predicted octanol–water partition coefficient (Wildman–Crippen LogP) is 3.07. The van der Waals surface area contributed by atoms with Gasteiger partial charge in [-0.25, -0.2) is 0 Å². The number of alkyl halides is 1. The van der Waals surface area contributed by atoms with E-state index in [1.807, 2.05) is 12.1 Å². The Morgan fingerprint density at radius 3 is 2.44 bits per heavy atom. The zero-order chi connectivity index (χ0) is 12.1. The van der Waals surface area contributed by atoms with E-state index in [4.69, 9.17) is 4.74 Å². The quantitative estimate of drug-likeness (QED) is 0.617. The number of carbonyl (C=O) groups is 1. The highest BCUT2D eigenvalue weighted by Gasteiger charge is 2.12. The van der Waals surface area contributed by atoms with Crippen molar-refractivity contribution in [1.29, 1.82) is 0 Å². The molecule has 0 bridgehead atoms. The average Bonchev–Trinajstić information content (AvgIpc) is 2.31. The van der Waals surface area contributed by atoms with E-state index in [0.717, 1.165) is 21.3 Å². The number of halogens is 2. The molecule has 0 atom stereocenters. The smallest absolute Gasteiger partial charge is 0.310 e. The van der Waals surface area contributed by atoms with E-state index >= 15 is 0 Å². The third-order valence-electron chi connectivity index (χ3n) is 2.14. The number of esters is 1. The van der Waals surface area contributed by atoms with E-state index in [0.29, 0.717) is 5.33 Å². The van der Waals surface area contributed by atoms with E-state index in [1.165, 1.54) is 7.11 Å². The molecule has 0 radical (unpaired) electrons. The van der Waals surface area contributed by atoms with Gasteiger partial charge in [0.05, 0.1) is 20.6 Å². The summed E-state index contributed by atoms with van der Waals surface area (Å²) in [4.78, 5) is 11.2. The van der Waals surface area contributed by atoms with Crippen molar-refractivity contribution < 1.29 is 14.3 Å². The van der Waals surface area contributed by atoms with Crippen LogP contribution in [0.2, 0.25) is 0 Å². The fraction of sp³-hybridized carbons (Fsp3) is 0.364. The molecule has 16 heavy (non-hydrogen) atoms. The molecule has 1 rings (SSSR count). The predicted molar refractivity (Wildman–Crippen MR) is 69.0 cm³/mol. The average molecular weight is 352 g/mol. The Morgan fingerprint density at radius 2 is 1.94 bits per heavy atom. The van der Waals surface area contributed by atoms with Gasteiger partial charge < -0.3 is 9.47 Å². The highest BCUT2D eigenvalue weighted by atomic mass is 79.9. The molecule has 5 heteroatoms. The SMILES string of the molecule is COC(=O)Cc1cc(OC)cc(CBr)c1Br. The highest BCUT2D eigenvalue weighted by molar-refractivity contribution is 9.10. The molecule has 88 valence electrons.